The Labute approximate surface area is 118 Å². The molecule has 0 aliphatic rings. The number of nitrogens with two attached hydrogens (primary N) is 1. The maximum atomic E-state index is 11.9. The lowest BCUT2D eigenvalue weighted by Crippen LogP contribution is -2.29. The van der Waals surface area contributed by atoms with Gasteiger partial charge in [-0.3, -0.25) is 25.0 Å². The van der Waals surface area contributed by atoms with E-state index in [-0.39, 0.29) is 23.5 Å². The number of nitrogen functional groups attached to an aromatic ring is 1. The van der Waals surface area contributed by atoms with Crippen LogP contribution in [0.3, 0.4) is 0 Å². The molecule has 4 N–H and O–H groups in total. The molecule has 0 aliphatic carbocycles. The monoisotopic (exact) mass is 300 g/mol. The van der Waals surface area contributed by atoms with Crippen molar-refractivity contribution in [2.75, 3.05) is 23.5 Å². The van der Waals surface area contributed by atoms with Crippen LogP contribution in [0.2, 0.25) is 0 Å². The van der Waals surface area contributed by atoms with Gasteiger partial charge >= 0.3 is 0 Å². The molecule has 9 heteroatoms. The van der Waals surface area contributed by atoms with Crippen LogP contribution in [-0.4, -0.2) is 33.1 Å². The Balaban J connectivity index is 2.85. The quantitative estimate of drug-likeness (QED) is 0.379. The molecule has 1 amide bonds. The van der Waals surface area contributed by atoms with Crippen LogP contribution in [0.5, 0.6) is 0 Å². The number of benzene rings is 1. The predicted octanol–water partition coefficient (Wildman–Crippen LogP) is 0.379. The molecule has 1 atom stereocenters. The summed E-state index contributed by atoms with van der Waals surface area (Å²) in [7, 11) is -0.982. The van der Waals surface area contributed by atoms with Gasteiger partial charge in [0.25, 0.3) is 11.6 Å². The van der Waals surface area contributed by atoms with E-state index in [4.69, 9.17) is 5.84 Å². The maximum absolute atomic E-state index is 11.9. The summed E-state index contributed by atoms with van der Waals surface area (Å²) < 4.78 is 11.2. The summed E-state index contributed by atoms with van der Waals surface area (Å²) in [6, 6.07) is 4.07. The molecule has 1 rings (SSSR count). The highest BCUT2D eigenvalue weighted by atomic mass is 32.2. The van der Waals surface area contributed by atoms with Gasteiger partial charge in [-0.2, -0.15) is 0 Å². The van der Waals surface area contributed by atoms with Crippen LogP contribution in [0, 0.1) is 10.1 Å². The van der Waals surface area contributed by atoms with E-state index in [0.717, 1.165) is 0 Å². The number of nitro benzene ring substituents is 1. The van der Waals surface area contributed by atoms with Crippen LogP contribution in [0.4, 0.5) is 11.4 Å². The number of carbonyl (C=O) groups excluding carboxylic acids is 1. The molecule has 110 valence electrons. The Morgan fingerprint density at radius 3 is 2.75 bits per heavy atom. The molecule has 1 aromatic rings. The van der Waals surface area contributed by atoms with E-state index in [2.05, 4.69) is 10.7 Å². The van der Waals surface area contributed by atoms with Gasteiger partial charge in [0.15, 0.2) is 0 Å². The molecule has 0 saturated carbocycles. The van der Waals surface area contributed by atoms with Crippen molar-refractivity contribution in [2.45, 2.75) is 6.92 Å². The fourth-order valence-corrected chi connectivity index (χ4v) is 2.17. The molecular formula is C11H16N4O4S. The minimum atomic E-state index is -0.982. The fourth-order valence-electron chi connectivity index (χ4n) is 1.55. The van der Waals surface area contributed by atoms with Gasteiger partial charge in [-0.25, -0.2) is 0 Å². The number of carbonyl (C=O) groups is 1. The molecule has 0 fully saturated rings. The summed E-state index contributed by atoms with van der Waals surface area (Å²) in [4.78, 5) is 22.1. The molecule has 20 heavy (non-hydrogen) atoms. The van der Waals surface area contributed by atoms with Crippen molar-refractivity contribution in [2.24, 2.45) is 5.84 Å². The molecule has 0 spiro atoms. The van der Waals surface area contributed by atoms with Crippen molar-refractivity contribution in [3.63, 3.8) is 0 Å². The smallest absolute Gasteiger partial charge is 0.294 e. The van der Waals surface area contributed by atoms with Crippen LogP contribution in [0.1, 0.15) is 17.3 Å². The zero-order valence-electron chi connectivity index (χ0n) is 10.9. The number of nitrogens with zero attached hydrogens (tertiary/aromatic N) is 1. The second kappa shape index (κ2) is 7.56. The van der Waals surface area contributed by atoms with E-state index < -0.39 is 21.6 Å². The zero-order valence-corrected chi connectivity index (χ0v) is 11.7. The predicted molar refractivity (Wildman–Crippen MR) is 76.8 cm³/mol. The van der Waals surface area contributed by atoms with E-state index >= 15 is 0 Å². The number of amides is 1. The molecule has 0 radical (unpaired) electrons. The van der Waals surface area contributed by atoms with E-state index in [9.17, 15) is 19.1 Å². The van der Waals surface area contributed by atoms with E-state index in [1.54, 1.807) is 6.92 Å². The maximum Gasteiger partial charge on any atom is 0.294 e. The highest BCUT2D eigenvalue weighted by Crippen LogP contribution is 2.27. The van der Waals surface area contributed by atoms with E-state index in [0.29, 0.717) is 11.5 Å². The van der Waals surface area contributed by atoms with Gasteiger partial charge in [0.1, 0.15) is 5.69 Å². The molecule has 0 aromatic heterocycles. The summed E-state index contributed by atoms with van der Waals surface area (Å²) in [6.45, 7) is 2.01. The SMILES string of the molecule is CCS(=O)CCNC(=O)c1cccc([N+](=O)[O-])c1NN. The van der Waals surface area contributed by atoms with Gasteiger partial charge in [0, 0.05) is 34.9 Å². The van der Waals surface area contributed by atoms with Crippen LogP contribution in [-0.2, 0) is 10.8 Å². The zero-order chi connectivity index (χ0) is 15.1. The van der Waals surface area contributed by atoms with Gasteiger partial charge in [0.2, 0.25) is 0 Å². The molecule has 0 bridgehead atoms. The summed E-state index contributed by atoms with van der Waals surface area (Å²) in [5, 5.41) is 13.4. The van der Waals surface area contributed by atoms with Crippen molar-refractivity contribution in [1.82, 2.24) is 5.32 Å². The van der Waals surface area contributed by atoms with E-state index in [1.165, 1.54) is 18.2 Å². The normalized spacial score (nSPS) is 11.7. The topological polar surface area (TPSA) is 127 Å². The summed E-state index contributed by atoms with van der Waals surface area (Å²) in [6.07, 6.45) is 0. The lowest BCUT2D eigenvalue weighted by atomic mass is 10.1. The Morgan fingerprint density at radius 1 is 1.50 bits per heavy atom. The third-order valence-corrected chi connectivity index (χ3v) is 3.87. The Hall–Kier alpha value is -2.00. The van der Waals surface area contributed by atoms with Crippen LogP contribution in [0.25, 0.3) is 0 Å². The average Bonchev–Trinajstić information content (AvgIpc) is 2.45. The Morgan fingerprint density at radius 2 is 2.20 bits per heavy atom. The van der Waals surface area contributed by atoms with Crippen molar-refractivity contribution in [3.8, 4) is 0 Å². The molecule has 0 aliphatic heterocycles. The molecular weight excluding hydrogens is 284 g/mol. The van der Waals surface area contributed by atoms with Crippen molar-refractivity contribution >= 4 is 28.1 Å². The second-order valence-corrected chi connectivity index (χ2v) is 5.65. The number of nitrogens with one attached hydrogen (secondary N) is 2. The van der Waals surface area contributed by atoms with Crippen molar-refractivity contribution in [3.05, 3.63) is 33.9 Å². The first-order valence-electron chi connectivity index (χ1n) is 5.88. The first kappa shape index (κ1) is 16.1. The van der Waals surface area contributed by atoms with Gasteiger partial charge in [-0.15, -0.1) is 0 Å². The standard InChI is InChI=1S/C11H16N4O4S/c1-2-20(19)7-6-13-11(16)8-4-3-5-9(15(17)18)10(8)14-12/h3-5,14H,2,6-7,12H2,1H3,(H,13,16). The van der Waals surface area contributed by atoms with Gasteiger partial charge in [-0.1, -0.05) is 13.0 Å². The van der Waals surface area contributed by atoms with Gasteiger partial charge in [-0.05, 0) is 6.07 Å². The molecule has 0 heterocycles. The summed E-state index contributed by atoms with van der Waals surface area (Å²) in [5.41, 5.74) is 1.92. The van der Waals surface area contributed by atoms with E-state index in [1.807, 2.05) is 0 Å². The van der Waals surface area contributed by atoms with Crippen molar-refractivity contribution in [1.29, 1.82) is 0 Å². The highest BCUT2D eigenvalue weighted by Gasteiger charge is 2.20. The van der Waals surface area contributed by atoms with Crippen LogP contribution in [0.15, 0.2) is 18.2 Å². The molecule has 0 saturated heterocycles. The largest absolute Gasteiger partial charge is 0.351 e. The van der Waals surface area contributed by atoms with Crippen LogP contribution >= 0.6 is 0 Å². The molecule has 1 aromatic carbocycles. The average molecular weight is 300 g/mol. The fraction of sp³-hybridized carbons (Fsp3) is 0.364. The number of anilines is 1. The molecule has 8 nitrogen and oxygen atoms in total. The number of rotatable bonds is 7. The number of para-hydroxylation sites is 1. The minimum absolute atomic E-state index is 0.0494. The third kappa shape index (κ3) is 4.00. The molecule has 1 unspecified atom stereocenters. The lowest BCUT2D eigenvalue weighted by molar-refractivity contribution is -0.384. The Bertz CT molecular complexity index is 535. The van der Waals surface area contributed by atoms with Gasteiger partial charge in [0.05, 0.1) is 10.5 Å². The van der Waals surface area contributed by atoms with Crippen molar-refractivity contribution < 1.29 is 13.9 Å². The number of hydrogen-bond acceptors (Lipinski definition) is 6. The minimum Gasteiger partial charge on any atom is -0.351 e. The first-order chi connectivity index (χ1) is 9.51. The Kier molecular flexibility index (Phi) is 6.07. The van der Waals surface area contributed by atoms with Gasteiger partial charge < -0.3 is 10.7 Å². The van der Waals surface area contributed by atoms with Crippen LogP contribution < -0.4 is 16.6 Å². The lowest BCUT2D eigenvalue weighted by Gasteiger charge is -2.09. The number of hydrazine groups is 1. The second-order valence-electron chi connectivity index (χ2n) is 3.79. The third-order valence-electron chi connectivity index (χ3n) is 2.57. The first-order valence-corrected chi connectivity index (χ1v) is 7.37. The highest BCUT2D eigenvalue weighted by molar-refractivity contribution is 7.84. The number of hydrogen-bond donors (Lipinski definition) is 3. The summed E-state index contributed by atoms with van der Waals surface area (Å²) >= 11 is 0. The summed E-state index contributed by atoms with van der Waals surface area (Å²) in [5.74, 6) is 5.59. The number of nitro groups is 1.